The number of aryl methyl sites for hydroxylation is 1. The monoisotopic (exact) mass is 256 g/mol. The second kappa shape index (κ2) is 5.41. The molecule has 0 aromatic heterocycles. The molecular formula is C13H17ClO3. The maximum atomic E-state index is 11.8. The van der Waals surface area contributed by atoms with Crippen LogP contribution in [0.4, 0.5) is 0 Å². The highest BCUT2D eigenvalue weighted by molar-refractivity contribution is 6.32. The largest absolute Gasteiger partial charge is 0.490 e. The van der Waals surface area contributed by atoms with Crippen molar-refractivity contribution in [3.05, 3.63) is 27.8 Å². The number of esters is 1. The molecule has 0 aliphatic heterocycles. The number of carbonyl (C=O) groups is 1. The topological polar surface area (TPSA) is 35.5 Å². The number of halogens is 1. The summed E-state index contributed by atoms with van der Waals surface area (Å²) in [6.45, 7) is 7.45. The molecular weight excluding hydrogens is 240 g/mol. The molecule has 0 aliphatic carbocycles. The van der Waals surface area contributed by atoms with E-state index in [2.05, 4.69) is 0 Å². The zero-order valence-electron chi connectivity index (χ0n) is 10.8. The Labute approximate surface area is 107 Å². The van der Waals surface area contributed by atoms with Gasteiger partial charge in [0.05, 0.1) is 13.2 Å². The van der Waals surface area contributed by atoms with Gasteiger partial charge in [-0.15, -0.1) is 0 Å². The van der Waals surface area contributed by atoms with Gasteiger partial charge < -0.3 is 9.47 Å². The predicted molar refractivity (Wildman–Crippen MR) is 68.0 cm³/mol. The summed E-state index contributed by atoms with van der Waals surface area (Å²) in [6.07, 6.45) is -0.0160. The fourth-order valence-electron chi connectivity index (χ4n) is 1.59. The lowest BCUT2D eigenvalue weighted by Gasteiger charge is -2.18. The van der Waals surface area contributed by atoms with Gasteiger partial charge in [0, 0.05) is 5.02 Å². The van der Waals surface area contributed by atoms with Crippen molar-refractivity contribution in [2.45, 2.75) is 33.8 Å². The molecule has 0 fully saturated rings. The third-order valence-corrected chi connectivity index (χ3v) is 2.80. The van der Waals surface area contributed by atoms with Gasteiger partial charge in [-0.2, -0.15) is 0 Å². The average molecular weight is 257 g/mol. The summed E-state index contributed by atoms with van der Waals surface area (Å²) in [6, 6.07) is 1.79. The molecule has 17 heavy (non-hydrogen) atoms. The minimum absolute atomic E-state index is 0.0160. The van der Waals surface area contributed by atoms with E-state index in [1.807, 2.05) is 20.8 Å². The summed E-state index contributed by atoms with van der Waals surface area (Å²) in [5.41, 5.74) is 1.92. The second-order valence-corrected chi connectivity index (χ2v) is 4.57. The number of carbonyl (C=O) groups excluding carboxylic acids is 1. The quantitative estimate of drug-likeness (QED) is 0.776. The van der Waals surface area contributed by atoms with E-state index in [0.717, 1.165) is 5.56 Å². The number of methoxy groups -OCH3 is 1. The molecule has 0 unspecified atom stereocenters. The van der Waals surface area contributed by atoms with E-state index in [9.17, 15) is 4.79 Å². The molecule has 1 rings (SSSR count). The van der Waals surface area contributed by atoms with E-state index in [-0.39, 0.29) is 6.10 Å². The molecule has 0 N–H and O–H groups in total. The summed E-state index contributed by atoms with van der Waals surface area (Å²) >= 11 is 6.07. The van der Waals surface area contributed by atoms with Gasteiger partial charge in [0.15, 0.2) is 0 Å². The van der Waals surface area contributed by atoms with Gasteiger partial charge in [-0.1, -0.05) is 11.6 Å². The Morgan fingerprint density at radius 1 is 1.35 bits per heavy atom. The first-order valence-electron chi connectivity index (χ1n) is 5.43. The van der Waals surface area contributed by atoms with Crippen LogP contribution in [-0.2, 0) is 4.74 Å². The molecule has 0 amide bonds. The molecule has 0 radical (unpaired) electrons. The summed E-state index contributed by atoms with van der Waals surface area (Å²) in [4.78, 5) is 11.8. The molecule has 1 aromatic rings. The lowest BCUT2D eigenvalue weighted by molar-refractivity contribution is 0.0593. The predicted octanol–water partition coefficient (Wildman–Crippen LogP) is 3.53. The van der Waals surface area contributed by atoms with Gasteiger partial charge in [0.1, 0.15) is 11.3 Å². The lowest BCUT2D eigenvalue weighted by Crippen LogP contribution is -2.14. The maximum absolute atomic E-state index is 11.8. The van der Waals surface area contributed by atoms with Gasteiger partial charge in [0.2, 0.25) is 0 Å². The van der Waals surface area contributed by atoms with Gasteiger partial charge in [-0.05, 0) is 44.9 Å². The molecule has 3 nitrogen and oxygen atoms in total. The maximum Gasteiger partial charge on any atom is 0.341 e. The van der Waals surface area contributed by atoms with Crippen LogP contribution in [0.3, 0.4) is 0 Å². The summed E-state index contributed by atoms with van der Waals surface area (Å²) in [5.74, 6) is 0.123. The van der Waals surface area contributed by atoms with E-state index >= 15 is 0 Å². The van der Waals surface area contributed by atoms with Crippen LogP contribution < -0.4 is 4.74 Å². The zero-order chi connectivity index (χ0) is 13.2. The second-order valence-electron chi connectivity index (χ2n) is 4.16. The van der Waals surface area contributed by atoms with Crippen molar-refractivity contribution >= 4 is 17.6 Å². The molecule has 94 valence electrons. The van der Waals surface area contributed by atoms with Crippen molar-refractivity contribution in [3.8, 4) is 5.75 Å². The Kier molecular flexibility index (Phi) is 4.40. The minimum Gasteiger partial charge on any atom is -0.490 e. The first-order valence-corrected chi connectivity index (χ1v) is 5.81. The number of ether oxygens (including phenoxy) is 2. The van der Waals surface area contributed by atoms with Crippen LogP contribution >= 0.6 is 11.6 Å². The van der Waals surface area contributed by atoms with Gasteiger partial charge >= 0.3 is 5.97 Å². The number of benzene rings is 1. The van der Waals surface area contributed by atoms with Crippen molar-refractivity contribution < 1.29 is 14.3 Å². The van der Waals surface area contributed by atoms with Crippen LogP contribution in [0, 0.1) is 13.8 Å². The molecule has 0 saturated carbocycles. The van der Waals surface area contributed by atoms with Crippen molar-refractivity contribution in [1.29, 1.82) is 0 Å². The standard InChI is InChI=1S/C13H17ClO3/c1-7(2)17-12-8(3)6-10(14)9(4)11(12)13(15)16-5/h6-7H,1-5H3. The number of rotatable bonds is 3. The third kappa shape index (κ3) is 2.91. The Morgan fingerprint density at radius 2 is 1.94 bits per heavy atom. The van der Waals surface area contributed by atoms with Gasteiger partial charge in [-0.3, -0.25) is 0 Å². The average Bonchev–Trinajstić information content (AvgIpc) is 2.25. The molecule has 4 heteroatoms. The SMILES string of the molecule is COC(=O)c1c(C)c(Cl)cc(C)c1OC(C)C. The Balaban J connectivity index is 3.44. The number of hydrogen-bond acceptors (Lipinski definition) is 3. The molecule has 0 saturated heterocycles. The van der Waals surface area contributed by atoms with Crippen molar-refractivity contribution in [1.82, 2.24) is 0 Å². The molecule has 0 atom stereocenters. The third-order valence-electron chi connectivity index (χ3n) is 2.40. The molecule has 0 aliphatic rings. The van der Waals surface area contributed by atoms with Crippen LogP contribution in [0.2, 0.25) is 5.02 Å². The molecule has 0 bridgehead atoms. The summed E-state index contributed by atoms with van der Waals surface area (Å²) < 4.78 is 10.4. The molecule has 1 aromatic carbocycles. The first-order chi connectivity index (χ1) is 7.88. The summed E-state index contributed by atoms with van der Waals surface area (Å²) in [7, 11) is 1.34. The smallest absolute Gasteiger partial charge is 0.341 e. The van der Waals surface area contributed by atoms with Crippen LogP contribution in [0.5, 0.6) is 5.75 Å². The van der Waals surface area contributed by atoms with Crippen molar-refractivity contribution in [3.63, 3.8) is 0 Å². The van der Waals surface area contributed by atoms with Crippen LogP contribution in [-0.4, -0.2) is 19.2 Å². The summed E-state index contributed by atoms with van der Waals surface area (Å²) in [5, 5.41) is 0.541. The van der Waals surface area contributed by atoms with Crippen LogP contribution in [0.15, 0.2) is 6.07 Å². The highest BCUT2D eigenvalue weighted by atomic mass is 35.5. The normalized spacial score (nSPS) is 10.5. The van der Waals surface area contributed by atoms with E-state index < -0.39 is 5.97 Å². The van der Waals surface area contributed by atoms with E-state index in [1.165, 1.54) is 7.11 Å². The first kappa shape index (κ1) is 13.8. The highest BCUT2D eigenvalue weighted by Crippen LogP contribution is 2.33. The Hall–Kier alpha value is -1.22. The fraction of sp³-hybridized carbons (Fsp3) is 0.462. The zero-order valence-corrected chi connectivity index (χ0v) is 11.5. The van der Waals surface area contributed by atoms with Crippen molar-refractivity contribution in [2.24, 2.45) is 0 Å². The van der Waals surface area contributed by atoms with E-state index in [0.29, 0.717) is 21.9 Å². The molecule has 0 spiro atoms. The Morgan fingerprint density at radius 3 is 2.41 bits per heavy atom. The van der Waals surface area contributed by atoms with Crippen LogP contribution in [0.25, 0.3) is 0 Å². The lowest BCUT2D eigenvalue weighted by atomic mass is 10.0. The number of hydrogen-bond donors (Lipinski definition) is 0. The Bertz CT molecular complexity index is 439. The van der Waals surface area contributed by atoms with Gasteiger partial charge in [-0.25, -0.2) is 4.79 Å². The van der Waals surface area contributed by atoms with E-state index in [1.54, 1.807) is 13.0 Å². The van der Waals surface area contributed by atoms with E-state index in [4.69, 9.17) is 21.1 Å². The van der Waals surface area contributed by atoms with Gasteiger partial charge in [0.25, 0.3) is 0 Å². The van der Waals surface area contributed by atoms with Crippen LogP contribution in [0.1, 0.15) is 35.3 Å². The van der Waals surface area contributed by atoms with Crippen molar-refractivity contribution in [2.75, 3.05) is 7.11 Å². The highest BCUT2D eigenvalue weighted by Gasteiger charge is 2.21. The molecule has 0 heterocycles. The fourth-order valence-corrected chi connectivity index (χ4v) is 1.84. The minimum atomic E-state index is -0.427.